The number of carbonyl (C=O) groups excluding carboxylic acids is 1. The number of methoxy groups -OCH3 is 1. The molecule has 100 valence electrons. The number of rotatable bonds is 4. The van der Waals surface area contributed by atoms with Crippen LogP contribution in [0.4, 0.5) is 0 Å². The summed E-state index contributed by atoms with van der Waals surface area (Å²) in [5.74, 6) is 0.339. The summed E-state index contributed by atoms with van der Waals surface area (Å²) in [6.07, 6.45) is 3.44. The molecule has 0 saturated heterocycles. The second-order valence-electron chi connectivity index (χ2n) is 4.11. The second-order valence-corrected chi connectivity index (χ2v) is 4.55. The molecule has 0 bridgehead atoms. The van der Waals surface area contributed by atoms with Gasteiger partial charge in [0.1, 0.15) is 5.75 Å². The normalized spacial score (nSPS) is 10.3. The summed E-state index contributed by atoms with van der Waals surface area (Å²) < 4.78 is 5.18. The summed E-state index contributed by atoms with van der Waals surface area (Å²) in [6, 6.07) is 4.96. The van der Waals surface area contributed by atoms with E-state index in [1.54, 1.807) is 42.5 Å². The zero-order valence-corrected chi connectivity index (χ0v) is 11.4. The number of hydrogen-bond donors (Lipinski definition) is 1. The first-order valence-electron chi connectivity index (χ1n) is 5.68. The predicted octanol–water partition coefficient (Wildman–Crippen LogP) is 2.34. The maximum Gasteiger partial charge on any atom is 0.257 e. The summed E-state index contributed by atoms with van der Waals surface area (Å²) >= 11 is 5.88. The number of hydrogen-bond acceptors (Lipinski definition) is 3. The summed E-state index contributed by atoms with van der Waals surface area (Å²) in [5, 5.41) is 7.09. The molecule has 2 aromatic rings. The van der Waals surface area contributed by atoms with E-state index in [4.69, 9.17) is 16.3 Å². The van der Waals surface area contributed by atoms with E-state index in [0.717, 1.165) is 5.56 Å². The number of nitrogens with zero attached hydrogens (tertiary/aromatic N) is 2. The molecule has 19 heavy (non-hydrogen) atoms. The number of ether oxygens (including phenoxy) is 1. The Labute approximate surface area is 116 Å². The molecule has 5 nitrogen and oxygen atoms in total. The van der Waals surface area contributed by atoms with Crippen LogP contribution in [0.2, 0.25) is 5.02 Å². The van der Waals surface area contributed by atoms with Crippen molar-refractivity contribution in [2.45, 2.75) is 6.54 Å². The SMILES string of the molecule is COc1cc(Cl)ccc1C(=O)N(C)Cc1cn[nH]c1. The van der Waals surface area contributed by atoms with Crippen molar-refractivity contribution in [3.8, 4) is 5.75 Å². The van der Waals surface area contributed by atoms with Gasteiger partial charge >= 0.3 is 0 Å². The van der Waals surface area contributed by atoms with Crippen molar-refractivity contribution in [2.75, 3.05) is 14.2 Å². The first kappa shape index (κ1) is 13.4. The number of carbonyl (C=O) groups is 1. The summed E-state index contributed by atoms with van der Waals surface area (Å²) in [4.78, 5) is 13.9. The van der Waals surface area contributed by atoms with Gasteiger partial charge in [0.25, 0.3) is 5.91 Å². The van der Waals surface area contributed by atoms with Gasteiger partial charge in [0.05, 0.1) is 18.9 Å². The summed E-state index contributed by atoms with van der Waals surface area (Å²) in [7, 11) is 3.24. The molecule has 0 saturated carbocycles. The van der Waals surface area contributed by atoms with Crippen molar-refractivity contribution in [1.29, 1.82) is 0 Å². The average Bonchev–Trinajstić information content (AvgIpc) is 2.90. The molecule has 0 fully saturated rings. The highest BCUT2D eigenvalue weighted by Crippen LogP contribution is 2.24. The Morgan fingerprint density at radius 2 is 2.32 bits per heavy atom. The van der Waals surface area contributed by atoms with Crippen LogP contribution in [-0.2, 0) is 6.54 Å². The van der Waals surface area contributed by atoms with Gasteiger partial charge in [-0.05, 0) is 18.2 Å². The van der Waals surface area contributed by atoms with Gasteiger partial charge in [-0.1, -0.05) is 11.6 Å². The van der Waals surface area contributed by atoms with Crippen molar-refractivity contribution in [3.63, 3.8) is 0 Å². The molecule has 2 rings (SSSR count). The monoisotopic (exact) mass is 279 g/mol. The molecule has 0 atom stereocenters. The lowest BCUT2D eigenvalue weighted by Crippen LogP contribution is -2.26. The van der Waals surface area contributed by atoms with Crippen LogP contribution in [0.5, 0.6) is 5.75 Å². The Kier molecular flexibility index (Phi) is 4.06. The van der Waals surface area contributed by atoms with Gasteiger partial charge in [-0.15, -0.1) is 0 Å². The number of amides is 1. The van der Waals surface area contributed by atoms with Crippen molar-refractivity contribution >= 4 is 17.5 Å². The number of aromatic amines is 1. The molecule has 1 aromatic carbocycles. The van der Waals surface area contributed by atoms with Crippen LogP contribution in [0, 0.1) is 0 Å². The third-order valence-corrected chi connectivity index (χ3v) is 2.95. The lowest BCUT2D eigenvalue weighted by molar-refractivity contribution is 0.0782. The third kappa shape index (κ3) is 3.06. The lowest BCUT2D eigenvalue weighted by atomic mass is 10.1. The maximum absolute atomic E-state index is 12.3. The molecule has 1 aromatic heterocycles. The van der Waals surface area contributed by atoms with E-state index >= 15 is 0 Å². The van der Waals surface area contributed by atoms with E-state index in [9.17, 15) is 4.79 Å². The van der Waals surface area contributed by atoms with E-state index in [1.165, 1.54) is 7.11 Å². The van der Waals surface area contributed by atoms with Crippen LogP contribution < -0.4 is 4.74 Å². The Morgan fingerprint density at radius 1 is 1.53 bits per heavy atom. The number of nitrogens with one attached hydrogen (secondary N) is 1. The molecule has 1 amide bonds. The standard InChI is InChI=1S/C13H14ClN3O2/c1-17(8-9-6-15-16-7-9)13(18)11-4-3-10(14)5-12(11)19-2/h3-7H,8H2,1-2H3,(H,15,16). The molecule has 0 aliphatic heterocycles. The Bertz CT molecular complexity index is 569. The minimum atomic E-state index is -0.130. The fraction of sp³-hybridized carbons (Fsp3) is 0.231. The van der Waals surface area contributed by atoms with E-state index in [0.29, 0.717) is 22.9 Å². The van der Waals surface area contributed by atoms with Gasteiger partial charge in [0.15, 0.2) is 0 Å². The third-order valence-electron chi connectivity index (χ3n) is 2.72. The highest BCUT2D eigenvalue weighted by atomic mass is 35.5. The lowest BCUT2D eigenvalue weighted by Gasteiger charge is -2.18. The smallest absolute Gasteiger partial charge is 0.257 e. The Hall–Kier alpha value is -2.01. The van der Waals surface area contributed by atoms with E-state index in [-0.39, 0.29) is 5.91 Å². The minimum Gasteiger partial charge on any atom is -0.496 e. The first-order chi connectivity index (χ1) is 9.11. The predicted molar refractivity (Wildman–Crippen MR) is 72.4 cm³/mol. The molecule has 1 N–H and O–H groups in total. The average molecular weight is 280 g/mol. The van der Waals surface area contributed by atoms with Gasteiger partial charge in [0, 0.05) is 30.4 Å². The molecular weight excluding hydrogens is 266 g/mol. The zero-order valence-electron chi connectivity index (χ0n) is 10.7. The number of H-pyrrole nitrogens is 1. The van der Waals surface area contributed by atoms with Gasteiger partial charge < -0.3 is 9.64 Å². The zero-order chi connectivity index (χ0) is 13.8. The molecule has 0 unspecified atom stereocenters. The number of benzene rings is 1. The van der Waals surface area contributed by atoms with Crippen molar-refractivity contribution in [1.82, 2.24) is 15.1 Å². The Morgan fingerprint density at radius 3 is 2.95 bits per heavy atom. The fourth-order valence-electron chi connectivity index (χ4n) is 1.76. The van der Waals surface area contributed by atoms with Crippen LogP contribution in [0.3, 0.4) is 0 Å². The van der Waals surface area contributed by atoms with Crippen molar-refractivity contribution in [2.24, 2.45) is 0 Å². The van der Waals surface area contributed by atoms with Gasteiger partial charge in [-0.25, -0.2) is 0 Å². The van der Waals surface area contributed by atoms with Gasteiger partial charge in [0.2, 0.25) is 0 Å². The molecule has 0 aliphatic rings. The quantitative estimate of drug-likeness (QED) is 0.934. The largest absolute Gasteiger partial charge is 0.496 e. The van der Waals surface area contributed by atoms with Crippen LogP contribution in [0.1, 0.15) is 15.9 Å². The second kappa shape index (κ2) is 5.75. The number of aromatic nitrogens is 2. The molecule has 0 radical (unpaired) electrons. The van der Waals surface area contributed by atoms with Crippen LogP contribution in [-0.4, -0.2) is 35.2 Å². The maximum atomic E-state index is 12.3. The Balaban J connectivity index is 2.19. The molecule has 1 heterocycles. The van der Waals surface area contributed by atoms with Crippen molar-refractivity contribution in [3.05, 3.63) is 46.7 Å². The molecule has 0 spiro atoms. The van der Waals surface area contributed by atoms with E-state index in [1.807, 2.05) is 0 Å². The first-order valence-corrected chi connectivity index (χ1v) is 6.06. The molecule has 6 heteroatoms. The highest BCUT2D eigenvalue weighted by Gasteiger charge is 2.17. The summed E-state index contributed by atoms with van der Waals surface area (Å²) in [5.41, 5.74) is 1.42. The topological polar surface area (TPSA) is 58.2 Å². The summed E-state index contributed by atoms with van der Waals surface area (Å²) in [6.45, 7) is 0.473. The van der Waals surface area contributed by atoms with Gasteiger partial charge in [-0.3, -0.25) is 9.89 Å². The van der Waals surface area contributed by atoms with E-state index < -0.39 is 0 Å². The highest BCUT2D eigenvalue weighted by molar-refractivity contribution is 6.30. The van der Waals surface area contributed by atoms with Crippen LogP contribution in [0.15, 0.2) is 30.6 Å². The van der Waals surface area contributed by atoms with Gasteiger partial charge in [-0.2, -0.15) is 5.10 Å². The van der Waals surface area contributed by atoms with Crippen LogP contribution >= 0.6 is 11.6 Å². The van der Waals surface area contributed by atoms with Crippen LogP contribution in [0.25, 0.3) is 0 Å². The number of halogens is 1. The molecule has 0 aliphatic carbocycles. The molecular formula is C13H14ClN3O2. The fourth-order valence-corrected chi connectivity index (χ4v) is 1.92. The van der Waals surface area contributed by atoms with Crippen molar-refractivity contribution < 1.29 is 9.53 Å². The minimum absolute atomic E-state index is 0.130. The van der Waals surface area contributed by atoms with E-state index in [2.05, 4.69) is 10.2 Å².